The van der Waals surface area contributed by atoms with Gasteiger partial charge in [0.15, 0.2) is 0 Å². The first-order valence-corrected chi connectivity index (χ1v) is 7.96. The molecule has 0 amide bonds. The highest BCUT2D eigenvalue weighted by Gasteiger charge is 2.23. The Balaban J connectivity index is 1.89. The molecule has 1 aromatic heterocycles. The number of nitrogens with two attached hydrogens (primary N) is 1. The number of nitrogens with zero attached hydrogens (tertiary/aromatic N) is 1. The zero-order valence-electron chi connectivity index (χ0n) is 11.9. The number of hydrogen-bond acceptors (Lipinski definition) is 3. The second-order valence-electron chi connectivity index (χ2n) is 5.63. The fraction of sp³-hybridized carbons (Fsp3) is 0.375. The highest BCUT2D eigenvalue weighted by Crippen LogP contribution is 2.31. The molecule has 2 aromatic rings. The smallest absolute Gasteiger partial charge is 0.149 e. The van der Waals surface area contributed by atoms with E-state index in [4.69, 9.17) is 5.73 Å². The van der Waals surface area contributed by atoms with Crippen molar-refractivity contribution in [1.82, 2.24) is 0 Å². The number of benzene rings is 1. The summed E-state index contributed by atoms with van der Waals surface area (Å²) in [6.45, 7) is 3.04. The molecule has 2 N–H and O–H groups in total. The van der Waals surface area contributed by atoms with Gasteiger partial charge in [-0.3, -0.25) is 0 Å². The van der Waals surface area contributed by atoms with Crippen molar-refractivity contribution in [2.24, 2.45) is 5.73 Å². The number of rotatable bonds is 3. The lowest BCUT2D eigenvalue weighted by molar-refractivity contribution is 0.560. The normalized spacial score (nSPS) is 15.9. The van der Waals surface area contributed by atoms with Crippen LogP contribution in [0.3, 0.4) is 0 Å². The third kappa shape index (κ3) is 2.94. The Labute approximate surface area is 127 Å². The van der Waals surface area contributed by atoms with Gasteiger partial charge in [0.2, 0.25) is 0 Å². The van der Waals surface area contributed by atoms with E-state index in [0.717, 1.165) is 6.42 Å². The lowest BCUT2D eigenvalue weighted by Crippen LogP contribution is -2.31. The number of fused-ring (bicyclic) bond motifs is 1. The van der Waals surface area contributed by atoms with Crippen LogP contribution in [-0.4, -0.2) is 12.6 Å². The average molecular weight is 308 g/mol. The predicted octanol–water partition coefficient (Wildman–Crippen LogP) is 3.48. The van der Waals surface area contributed by atoms with E-state index in [0.29, 0.717) is 25.1 Å². The molecule has 0 saturated heterocycles. The molecule has 5 heteroatoms. The summed E-state index contributed by atoms with van der Waals surface area (Å²) < 4.78 is 28.7. The van der Waals surface area contributed by atoms with Crippen molar-refractivity contribution in [1.29, 1.82) is 0 Å². The molecule has 0 fully saturated rings. The van der Waals surface area contributed by atoms with Crippen LogP contribution in [0.15, 0.2) is 23.6 Å². The molecule has 3 rings (SSSR count). The van der Waals surface area contributed by atoms with Crippen molar-refractivity contribution in [2.45, 2.75) is 32.4 Å². The summed E-state index contributed by atoms with van der Waals surface area (Å²) >= 11 is 1.71. The van der Waals surface area contributed by atoms with Crippen LogP contribution in [0, 0.1) is 11.6 Å². The first-order chi connectivity index (χ1) is 10.0. The largest absolute Gasteiger partial charge is 0.362 e. The third-order valence-electron chi connectivity index (χ3n) is 3.76. The van der Waals surface area contributed by atoms with Crippen LogP contribution in [0.25, 0.3) is 0 Å². The summed E-state index contributed by atoms with van der Waals surface area (Å²) in [6, 6.07) is 4.74. The van der Waals surface area contributed by atoms with Crippen LogP contribution in [0.1, 0.15) is 22.9 Å². The van der Waals surface area contributed by atoms with Crippen LogP contribution in [0.4, 0.5) is 14.5 Å². The van der Waals surface area contributed by atoms with Crippen molar-refractivity contribution in [3.05, 3.63) is 51.2 Å². The summed E-state index contributed by atoms with van der Waals surface area (Å²) in [5.74, 6) is -0.992. The molecule has 0 radical (unpaired) electrons. The van der Waals surface area contributed by atoms with Gasteiger partial charge in [-0.25, -0.2) is 8.78 Å². The minimum Gasteiger partial charge on any atom is -0.362 e. The lowest BCUT2D eigenvalue weighted by atomic mass is 10.0. The molecular weight excluding hydrogens is 290 g/mol. The van der Waals surface area contributed by atoms with Gasteiger partial charge in [-0.1, -0.05) is 0 Å². The molecule has 1 aliphatic rings. The molecular formula is C16H18F2N2S. The molecule has 0 saturated carbocycles. The van der Waals surface area contributed by atoms with E-state index in [1.54, 1.807) is 16.2 Å². The fourth-order valence-electron chi connectivity index (χ4n) is 2.85. The number of anilines is 1. The third-order valence-corrected chi connectivity index (χ3v) is 4.78. The van der Waals surface area contributed by atoms with Crippen molar-refractivity contribution >= 4 is 17.0 Å². The minimum atomic E-state index is -0.496. The molecule has 0 bridgehead atoms. The van der Waals surface area contributed by atoms with Crippen LogP contribution in [0.5, 0.6) is 0 Å². The maximum absolute atomic E-state index is 14.3. The van der Waals surface area contributed by atoms with E-state index >= 15 is 0 Å². The number of thiophene rings is 1. The number of hydrogen-bond donors (Lipinski definition) is 1. The molecule has 1 unspecified atom stereocenters. The van der Waals surface area contributed by atoms with Gasteiger partial charge in [-0.05, 0) is 54.5 Å². The van der Waals surface area contributed by atoms with E-state index in [-0.39, 0.29) is 11.7 Å². The lowest BCUT2D eigenvalue weighted by Gasteiger charge is -2.29. The maximum Gasteiger partial charge on any atom is 0.149 e. The molecule has 1 atom stereocenters. The Morgan fingerprint density at radius 3 is 2.71 bits per heavy atom. The standard InChI is InChI=1S/C16H18F2N2S/c1-10(19)6-11-7-13(17)16(14(18)8-11)20-4-2-15-12(9-20)3-5-21-15/h3,5,7-8,10H,2,4,6,9,19H2,1H3. The van der Waals surface area contributed by atoms with E-state index in [1.165, 1.54) is 22.6 Å². The summed E-state index contributed by atoms with van der Waals surface area (Å²) in [5, 5.41) is 2.03. The van der Waals surface area contributed by atoms with Gasteiger partial charge in [0.25, 0.3) is 0 Å². The van der Waals surface area contributed by atoms with Gasteiger partial charge in [0.05, 0.1) is 0 Å². The molecule has 0 aliphatic carbocycles. The summed E-state index contributed by atoms with van der Waals surface area (Å²) in [5.41, 5.74) is 7.56. The fourth-order valence-corrected chi connectivity index (χ4v) is 3.74. The predicted molar refractivity (Wildman–Crippen MR) is 82.8 cm³/mol. The van der Waals surface area contributed by atoms with Crippen LogP contribution in [0.2, 0.25) is 0 Å². The van der Waals surface area contributed by atoms with Crippen molar-refractivity contribution in [3.8, 4) is 0 Å². The van der Waals surface area contributed by atoms with Crippen LogP contribution < -0.4 is 10.6 Å². The molecule has 1 aliphatic heterocycles. The maximum atomic E-state index is 14.3. The van der Waals surface area contributed by atoms with E-state index < -0.39 is 11.6 Å². The van der Waals surface area contributed by atoms with E-state index in [1.807, 2.05) is 18.4 Å². The molecule has 0 spiro atoms. The van der Waals surface area contributed by atoms with Crippen molar-refractivity contribution in [3.63, 3.8) is 0 Å². The quantitative estimate of drug-likeness (QED) is 0.940. The molecule has 21 heavy (non-hydrogen) atoms. The molecule has 2 nitrogen and oxygen atoms in total. The molecule has 1 aromatic carbocycles. The highest BCUT2D eigenvalue weighted by molar-refractivity contribution is 7.10. The Bertz CT molecular complexity index is 628. The second kappa shape index (κ2) is 5.73. The Morgan fingerprint density at radius 1 is 1.33 bits per heavy atom. The first kappa shape index (κ1) is 14.5. The van der Waals surface area contributed by atoms with E-state index in [2.05, 4.69) is 0 Å². The zero-order chi connectivity index (χ0) is 15.0. The monoisotopic (exact) mass is 308 g/mol. The number of halogens is 2. The Morgan fingerprint density at radius 2 is 2.05 bits per heavy atom. The summed E-state index contributed by atoms with van der Waals surface area (Å²) in [7, 11) is 0. The van der Waals surface area contributed by atoms with Crippen LogP contribution in [-0.2, 0) is 19.4 Å². The Kier molecular flexibility index (Phi) is 3.95. The minimum absolute atomic E-state index is 0.0836. The highest BCUT2D eigenvalue weighted by atomic mass is 32.1. The van der Waals surface area contributed by atoms with Gasteiger partial charge in [0, 0.05) is 24.0 Å². The zero-order valence-corrected chi connectivity index (χ0v) is 12.7. The average Bonchev–Trinajstić information content (AvgIpc) is 2.84. The van der Waals surface area contributed by atoms with Crippen molar-refractivity contribution < 1.29 is 8.78 Å². The topological polar surface area (TPSA) is 29.3 Å². The van der Waals surface area contributed by atoms with Gasteiger partial charge in [-0.15, -0.1) is 11.3 Å². The summed E-state index contributed by atoms with van der Waals surface area (Å²) in [6.07, 6.45) is 1.32. The van der Waals surface area contributed by atoms with Gasteiger partial charge in [-0.2, -0.15) is 0 Å². The molecule has 2 heterocycles. The van der Waals surface area contributed by atoms with Gasteiger partial charge < -0.3 is 10.6 Å². The Hall–Kier alpha value is -1.46. The first-order valence-electron chi connectivity index (χ1n) is 7.08. The van der Waals surface area contributed by atoms with Crippen LogP contribution >= 0.6 is 11.3 Å². The van der Waals surface area contributed by atoms with Gasteiger partial charge in [0.1, 0.15) is 17.3 Å². The molecule has 112 valence electrons. The van der Waals surface area contributed by atoms with Crippen molar-refractivity contribution in [2.75, 3.05) is 11.4 Å². The van der Waals surface area contributed by atoms with E-state index in [9.17, 15) is 8.78 Å². The summed E-state index contributed by atoms with van der Waals surface area (Å²) in [4.78, 5) is 3.11. The SMILES string of the molecule is CC(N)Cc1cc(F)c(N2CCc3sccc3C2)c(F)c1. The van der Waals surface area contributed by atoms with Gasteiger partial charge >= 0.3 is 0 Å². The second-order valence-corrected chi connectivity index (χ2v) is 6.63.